The van der Waals surface area contributed by atoms with Gasteiger partial charge in [0.1, 0.15) is 0 Å². The number of aliphatic hydroxyl groups is 1. The Morgan fingerprint density at radius 1 is 0.938 bits per heavy atom. The maximum Gasteiger partial charge on any atom is 0.0698 e. The first-order chi connectivity index (χ1) is 7.14. The Labute approximate surface area is 101 Å². The summed E-state index contributed by atoms with van der Waals surface area (Å²) in [4.78, 5) is 0. The molecule has 0 bridgehead atoms. The van der Waals surface area contributed by atoms with E-state index in [9.17, 15) is 5.11 Å². The lowest BCUT2D eigenvalue weighted by Crippen LogP contribution is -2.59. The number of hydrogen-bond acceptors (Lipinski definition) is 1. The van der Waals surface area contributed by atoms with Crippen molar-refractivity contribution in [2.45, 2.75) is 66.4 Å². The molecule has 0 heterocycles. The van der Waals surface area contributed by atoms with Crippen molar-refractivity contribution < 1.29 is 5.11 Å². The van der Waals surface area contributed by atoms with E-state index >= 15 is 0 Å². The zero-order chi connectivity index (χ0) is 12.4. The molecule has 0 aromatic rings. The average molecular weight is 224 g/mol. The Morgan fingerprint density at radius 2 is 1.50 bits per heavy atom. The predicted molar refractivity (Wildman–Crippen MR) is 68.2 cm³/mol. The van der Waals surface area contributed by atoms with Gasteiger partial charge in [-0.15, -0.1) is 0 Å². The molecule has 2 aliphatic rings. The van der Waals surface area contributed by atoms with E-state index in [0.29, 0.717) is 17.3 Å². The summed E-state index contributed by atoms with van der Waals surface area (Å²) >= 11 is 0. The highest BCUT2D eigenvalue weighted by atomic mass is 16.3. The zero-order valence-corrected chi connectivity index (χ0v) is 11.8. The second-order valence-electron chi connectivity index (χ2n) is 7.51. The SMILES string of the molecule is CC1C[C@]2(C)[C@H](C)CC[C@H]2C(C)(C)C1(C)O. The van der Waals surface area contributed by atoms with E-state index in [1.807, 2.05) is 0 Å². The molecule has 0 aromatic heterocycles. The summed E-state index contributed by atoms with van der Waals surface area (Å²) in [5.74, 6) is 1.90. The van der Waals surface area contributed by atoms with Crippen LogP contribution in [-0.4, -0.2) is 10.7 Å². The first-order valence-corrected chi connectivity index (χ1v) is 6.86. The summed E-state index contributed by atoms with van der Waals surface area (Å²) in [5.41, 5.74) is -0.0173. The van der Waals surface area contributed by atoms with Crippen LogP contribution < -0.4 is 0 Å². The smallest absolute Gasteiger partial charge is 0.0698 e. The lowest BCUT2D eigenvalue weighted by molar-refractivity contribution is -0.187. The number of fused-ring (bicyclic) bond motifs is 1. The van der Waals surface area contributed by atoms with Gasteiger partial charge in [0.25, 0.3) is 0 Å². The molecule has 2 fully saturated rings. The van der Waals surface area contributed by atoms with Gasteiger partial charge in [0.15, 0.2) is 0 Å². The number of rotatable bonds is 0. The topological polar surface area (TPSA) is 20.2 Å². The van der Waals surface area contributed by atoms with Gasteiger partial charge in [0.2, 0.25) is 0 Å². The third-order valence-corrected chi connectivity index (χ3v) is 6.69. The fraction of sp³-hybridized carbons (Fsp3) is 1.00. The monoisotopic (exact) mass is 224 g/mol. The van der Waals surface area contributed by atoms with Crippen molar-refractivity contribution in [3.63, 3.8) is 0 Å². The van der Waals surface area contributed by atoms with Gasteiger partial charge < -0.3 is 5.11 Å². The standard InChI is InChI=1S/C15H28O/c1-10-7-8-12-13(3,4)15(6,16)11(2)9-14(10,12)5/h10-12,16H,7-9H2,1-6H3/t10-,11?,12+,14-,15?/m1/s1. The van der Waals surface area contributed by atoms with Crippen molar-refractivity contribution >= 4 is 0 Å². The normalized spacial score (nSPS) is 56.1. The lowest BCUT2D eigenvalue weighted by atomic mass is 9.48. The molecular weight excluding hydrogens is 196 g/mol. The third kappa shape index (κ3) is 1.27. The van der Waals surface area contributed by atoms with Crippen LogP contribution >= 0.6 is 0 Å². The van der Waals surface area contributed by atoms with Gasteiger partial charge in [-0.25, -0.2) is 0 Å². The Hall–Kier alpha value is -0.0400. The highest BCUT2D eigenvalue weighted by Crippen LogP contribution is 2.65. The minimum atomic E-state index is -0.513. The average Bonchev–Trinajstić information content (AvgIpc) is 2.42. The molecule has 2 unspecified atom stereocenters. The Kier molecular flexibility index (Phi) is 2.52. The molecule has 0 aromatic carbocycles. The first-order valence-electron chi connectivity index (χ1n) is 6.86. The Morgan fingerprint density at radius 3 is 2.06 bits per heavy atom. The van der Waals surface area contributed by atoms with Crippen molar-refractivity contribution in [2.75, 3.05) is 0 Å². The van der Waals surface area contributed by atoms with Crippen LogP contribution in [0.5, 0.6) is 0 Å². The molecule has 5 atom stereocenters. The van der Waals surface area contributed by atoms with Crippen LogP contribution in [0.25, 0.3) is 0 Å². The van der Waals surface area contributed by atoms with Gasteiger partial charge >= 0.3 is 0 Å². The van der Waals surface area contributed by atoms with Gasteiger partial charge in [-0.3, -0.25) is 0 Å². The summed E-state index contributed by atoms with van der Waals surface area (Å²) < 4.78 is 0. The summed E-state index contributed by atoms with van der Waals surface area (Å²) in [6, 6.07) is 0. The maximum atomic E-state index is 10.8. The van der Waals surface area contributed by atoms with Crippen LogP contribution in [0.3, 0.4) is 0 Å². The van der Waals surface area contributed by atoms with Crippen LogP contribution in [0.2, 0.25) is 0 Å². The van der Waals surface area contributed by atoms with Gasteiger partial charge in [0.05, 0.1) is 5.60 Å². The summed E-state index contributed by atoms with van der Waals surface area (Å²) in [7, 11) is 0. The molecule has 0 radical (unpaired) electrons. The van der Waals surface area contributed by atoms with Crippen molar-refractivity contribution in [3.05, 3.63) is 0 Å². The van der Waals surface area contributed by atoms with E-state index in [1.165, 1.54) is 19.3 Å². The van der Waals surface area contributed by atoms with E-state index in [1.54, 1.807) is 0 Å². The fourth-order valence-corrected chi connectivity index (χ4v) is 4.79. The summed E-state index contributed by atoms with van der Waals surface area (Å²) in [5, 5.41) is 10.8. The molecule has 0 saturated heterocycles. The molecule has 0 spiro atoms. The molecule has 1 nitrogen and oxygen atoms in total. The van der Waals surface area contributed by atoms with Crippen LogP contribution in [-0.2, 0) is 0 Å². The molecular formula is C15H28O. The second kappa shape index (κ2) is 3.25. The van der Waals surface area contributed by atoms with Crippen molar-refractivity contribution in [3.8, 4) is 0 Å². The van der Waals surface area contributed by atoms with Gasteiger partial charge in [-0.05, 0) is 54.8 Å². The zero-order valence-electron chi connectivity index (χ0n) is 11.8. The second-order valence-corrected chi connectivity index (χ2v) is 7.51. The molecule has 0 aliphatic heterocycles. The molecule has 16 heavy (non-hydrogen) atoms. The lowest BCUT2D eigenvalue weighted by Gasteiger charge is -2.59. The molecule has 2 aliphatic carbocycles. The number of hydrogen-bond donors (Lipinski definition) is 1. The van der Waals surface area contributed by atoms with E-state index in [4.69, 9.17) is 0 Å². The van der Waals surface area contributed by atoms with E-state index < -0.39 is 5.60 Å². The van der Waals surface area contributed by atoms with E-state index in [2.05, 4.69) is 41.5 Å². The van der Waals surface area contributed by atoms with Gasteiger partial charge in [-0.2, -0.15) is 0 Å². The Balaban J connectivity index is 2.44. The maximum absolute atomic E-state index is 10.8. The predicted octanol–water partition coefficient (Wildman–Crippen LogP) is 3.86. The Bertz CT molecular complexity index is 292. The molecule has 1 heteroatoms. The molecule has 2 rings (SSSR count). The van der Waals surface area contributed by atoms with Gasteiger partial charge in [-0.1, -0.05) is 34.6 Å². The molecule has 2 saturated carbocycles. The third-order valence-electron chi connectivity index (χ3n) is 6.69. The summed E-state index contributed by atoms with van der Waals surface area (Å²) in [6.07, 6.45) is 3.83. The summed E-state index contributed by atoms with van der Waals surface area (Å²) in [6.45, 7) is 13.7. The first kappa shape index (κ1) is 12.4. The minimum Gasteiger partial charge on any atom is -0.389 e. The van der Waals surface area contributed by atoms with Crippen molar-refractivity contribution in [1.82, 2.24) is 0 Å². The highest BCUT2D eigenvalue weighted by Gasteiger charge is 2.62. The van der Waals surface area contributed by atoms with Crippen LogP contribution in [0.4, 0.5) is 0 Å². The largest absolute Gasteiger partial charge is 0.389 e. The van der Waals surface area contributed by atoms with Gasteiger partial charge in [0, 0.05) is 0 Å². The minimum absolute atomic E-state index is 0.0458. The molecule has 0 amide bonds. The van der Waals surface area contributed by atoms with E-state index in [0.717, 1.165) is 5.92 Å². The molecule has 94 valence electrons. The van der Waals surface area contributed by atoms with Crippen molar-refractivity contribution in [2.24, 2.45) is 28.6 Å². The fourth-order valence-electron chi connectivity index (χ4n) is 4.79. The van der Waals surface area contributed by atoms with Crippen LogP contribution in [0.1, 0.15) is 60.8 Å². The van der Waals surface area contributed by atoms with Crippen LogP contribution in [0.15, 0.2) is 0 Å². The quantitative estimate of drug-likeness (QED) is 0.662. The molecule has 1 N–H and O–H groups in total. The van der Waals surface area contributed by atoms with E-state index in [-0.39, 0.29) is 5.41 Å². The van der Waals surface area contributed by atoms with Crippen LogP contribution in [0, 0.1) is 28.6 Å². The van der Waals surface area contributed by atoms with Crippen molar-refractivity contribution in [1.29, 1.82) is 0 Å². The highest BCUT2D eigenvalue weighted by molar-refractivity contribution is 5.11.